The van der Waals surface area contributed by atoms with Crippen LogP contribution in [0.3, 0.4) is 0 Å². The number of rotatable bonds is 4. The second-order valence-electron chi connectivity index (χ2n) is 7.28. The summed E-state index contributed by atoms with van der Waals surface area (Å²) >= 11 is 0. The van der Waals surface area contributed by atoms with Crippen molar-refractivity contribution in [1.82, 2.24) is 9.80 Å². The smallest absolute Gasteiger partial charge is 0.321 e. The molecule has 0 aliphatic carbocycles. The minimum Gasteiger partial charge on any atom is -0.484 e. The predicted octanol–water partition coefficient (Wildman–Crippen LogP) is 3.99. The van der Waals surface area contributed by atoms with Gasteiger partial charge in [-0.25, -0.2) is 4.79 Å². The second kappa shape index (κ2) is 9.31. The van der Waals surface area contributed by atoms with E-state index in [2.05, 4.69) is 5.32 Å². The van der Waals surface area contributed by atoms with Crippen molar-refractivity contribution >= 4 is 28.4 Å². The Morgan fingerprint density at radius 2 is 1.50 bits per heavy atom. The molecule has 0 saturated carbocycles. The Labute approximate surface area is 176 Å². The standard InChI is InChI=1S/C24H25N3O3/c28-23(18-30-20-10-2-1-3-11-20)26-14-7-15-27(17-16-26)24(29)25-22-13-6-9-19-8-4-5-12-21(19)22/h1-6,8-13H,7,14-18H2,(H,25,29). The molecule has 1 aliphatic rings. The van der Waals surface area contributed by atoms with Gasteiger partial charge in [-0.2, -0.15) is 0 Å². The molecule has 0 bridgehead atoms. The molecule has 3 aromatic carbocycles. The van der Waals surface area contributed by atoms with Crippen molar-refractivity contribution in [3.8, 4) is 5.75 Å². The lowest BCUT2D eigenvalue weighted by atomic mass is 10.1. The molecule has 6 heteroatoms. The van der Waals surface area contributed by atoms with E-state index < -0.39 is 0 Å². The Hall–Kier alpha value is -3.54. The summed E-state index contributed by atoms with van der Waals surface area (Å²) in [6.07, 6.45) is 0.736. The lowest BCUT2D eigenvalue weighted by Gasteiger charge is -2.23. The van der Waals surface area contributed by atoms with Crippen LogP contribution in [-0.2, 0) is 4.79 Å². The predicted molar refractivity (Wildman–Crippen MR) is 118 cm³/mol. The van der Waals surface area contributed by atoms with Crippen LogP contribution in [0.25, 0.3) is 10.8 Å². The zero-order valence-electron chi connectivity index (χ0n) is 16.8. The first-order chi connectivity index (χ1) is 14.7. The van der Waals surface area contributed by atoms with Crippen molar-refractivity contribution in [2.75, 3.05) is 38.1 Å². The topological polar surface area (TPSA) is 61.9 Å². The molecule has 154 valence electrons. The van der Waals surface area contributed by atoms with E-state index in [9.17, 15) is 9.59 Å². The molecule has 1 saturated heterocycles. The molecule has 4 rings (SSSR count). The second-order valence-corrected chi connectivity index (χ2v) is 7.28. The third-order valence-corrected chi connectivity index (χ3v) is 5.27. The molecule has 0 spiro atoms. The third-order valence-electron chi connectivity index (χ3n) is 5.27. The first kappa shape index (κ1) is 19.8. The van der Waals surface area contributed by atoms with Crippen LogP contribution in [0.4, 0.5) is 10.5 Å². The number of ether oxygens (including phenoxy) is 1. The zero-order valence-corrected chi connectivity index (χ0v) is 16.8. The largest absolute Gasteiger partial charge is 0.484 e. The van der Waals surface area contributed by atoms with Crippen LogP contribution in [0.2, 0.25) is 0 Å². The molecular weight excluding hydrogens is 378 g/mol. The summed E-state index contributed by atoms with van der Waals surface area (Å²) in [6.45, 7) is 2.23. The molecule has 0 atom stereocenters. The monoisotopic (exact) mass is 403 g/mol. The molecule has 0 radical (unpaired) electrons. The van der Waals surface area contributed by atoms with Crippen LogP contribution >= 0.6 is 0 Å². The minimum absolute atomic E-state index is 0.00617. The first-order valence-corrected chi connectivity index (χ1v) is 10.2. The highest BCUT2D eigenvalue weighted by Gasteiger charge is 2.22. The SMILES string of the molecule is O=C(COc1ccccc1)N1CCCN(C(=O)Nc2cccc3ccccc23)CC1. The summed E-state index contributed by atoms with van der Waals surface area (Å²) in [5, 5.41) is 5.13. The van der Waals surface area contributed by atoms with Gasteiger partial charge in [0.2, 0.25) is 0 Å². The van der Waals surface area contributed by atoms with Crippen molar-refractivity contribution < 1.29 is 14.3 Å². The number of para-hydroxylation sites is 1. The molecule has 1 aliphatic heterocycles. The van der Waals surface area contributed by atoms with E-state index in [0.717, 1.165) is 22.9 Å². The zero-order chi connectivity index (χ0) is 20.8. The number of anilines is 1. The van der Waals surface area contributed by atoms with E-state index in [1.165, 1.54) is 0 Å². The molecule has 1 heterocycles. The van der Waals surface area contributed by atoms with Gasteiger partial charge < -0.3 is 19.9 Å². The van der Waals surface area contributed by atoms with Gasteiger partial charge in [-0.15, -0.1) is 0 Å². The summed E-state index contributed by atoms with van der Waals surface area (Å²) in [7, 11) is 0. The molecule has 3 amide bonds. The summed E-state index contributed by atoms with van der Waals surface area (Å²) < 4.78 is 5.57. The van der Waals surface area contributed by atoms with Crippen LogP contribution in [-0.4, -0.2) is 54.5 Å². The lowest BCUT2D eigenvalue weighted by Crippen LogP contribution is -2.40. The molecule has 30 heavy (non-hydrogen) atoms. The van der Waals surface area contributed by atoms with E-state index in [4.69, 9.17) is 4.74 Å². The molecule has 0 aromatic heterocycles. The number of fused-ring (bicyclic) bond motifs is 1. The highest BCUT2D eigenvalue weighted by atomic mass is 16.5. The van der Waals surface area contributed by atoms with Crippen LogP contribution < -0.4 is 10.1 Å². The summed E-state index contributed by atoms with van der Waals surface area (Å²) in [6, 6.07) is 23.0. The van der Waals surface area contributed by atoms with Gasteiger partial charge in [-0.1, -0.05) is 54.6 Å². The molecular formula is C24H25N3O3. The highest BCUT2D eigenvalue weighted by Crippen LogP contribution is 2.23. The molecule has 0 unspecified atom stereocenters. The van der Waals surface area contributed by atoms with E-state index >= 15 is 0 Å². The van der Waals surface area contributed by atoms with Gasteiger partial charge in [0.25, 0.3) is 5.91 Å². The molecule has 1 fully saturated rings. The number of hydrogen-bond acceptors (Lipinski definition) is 3. The van der Waals surface area contributed by atoms with E-state index in [1.54, 1.807) is 9.80 Å². The fourth-order valence-electron chi connectivity index (χ4n) is 3.65. The maximum atomic E-state index is 12.8. The van der Waals surface area contributed by atoms with Crippen molar-refractivity contribution in [2.45, 2.75) is 6.42 Å². The van der Waals surface area contributed by atoms with Crippen molar-refractivity contribution in [1.29, 1.82) is 0 Å². The normalized spacial score (nSPS) is 14.3. The average Bonchev–Trinajstić information content (AvgIpc) is 3.05. The van der Waals surface area contributed by atoms with Crippen molar-refractivity contribution in [3.63, 3.8) is 0 Å². The fraction of sp³-hybridized carbons (Fsp3) is 0.250. The fourth-order valence-corrected chi connectivity index (χ4v) is 3.65. The summed E-state index contributed by atoms with van der Waals surface area (Å²) in [4.78, 5) is 28.9. The lowest BCUT2D eigenvalue weighted by molar-refractivity contribution is -0.133. The maximum Gasteiger partial charge on any atom is 0.321 e. The number of carbonyl (C=O) groups excluding carboxylic acids is 2. The third kappa shape index (κ3) is 4.71. The number of urea groups is 1. The van der Waals surface area contributed by atoms with Crippen molar-refractivity contribution in [2.24, 2.45) is 0 Å². The summed E-state index contributed by atoms with van der Waals surface area (Å²) in [5.74, 6) is 0.618. The van der Waals surface area contributed by atoms with Gasteiger partial charge in [0.15, 0.2) is 6.61 Å². The van der Waals surface area contributed by atoms with Gasteiger partial charge >= 0.3 is 6.03 Å². The quantitative estimate of drug-likeness (QED) is 0.717. The van der Waals surface area contributed by atoms with Crippen LogP contribution in [0.5, 0.6) is 5.75 Å². The molecule has 1 N–H and O–H groups in total. The number of hydrogen-bond donors (Lipinski definition) is 1. The van der Waals surface area contributed by atoms with E-state index in [0.29, 0.717) is 31.9 Å². The van der Waals surface area contributed by atoms with E-state index in [-0.39, 0.29) is 18.5 Å². The Balaban J connectivity index is 1.33. The highest BCUT2D eigenvalue weighted by molar-refractivity contribution is 6.01. The number of carbonyl (C=O) groups is 2. The van der Waals surface area contributed by atoms with Gasteiger partial charge in [-0.05, 0) is 30.0 Å². The van der Waals surface area contributed by atoms with Crippen LogP contribution in [0, 0.1) is 0 Å². The van der Waals surface area contributed by atoms with E-state index in [1.807, 2.05) is 72.8 Å². The van der Waals surface area contributed by atoms with Gasteiger partial charge in [-0.3, -0.25) is 4.79 Å². The maximum absolute atomic E-state index is 12.8. The Morgan fingerprint density at radius 3 is 2.37 bits per heavy atom. The average molecular weight is 403 g/mol. The number of nitrogens with one attached hydrogen (secondary N) is 1. The Bertz CT molecular complexity index is 1020. The van der Waals surface area contributed by atoms with Crippen molar-refractivity contribution in [3.05, 3.63) is 72.8 Å². The minimum atomic E-state index is -0.138. The number of amides is 3. The van der Waals surface area contributed by atoms with Gasteiger partial charge in [0.1, 0.15) is 5.75 Å². The van der Waals surface area contributed by atoms with Gasteiger partial charge in [0.05, 0.1) is 5.69 Å². The van der Waals surface area contributed by atoms with Crippen LogP contribution in [0.1, 0.15) is 6.42 Å². The first-order valence-electron chi connectivity index (χ1n) is 10.2. The molecule has 6 nitrogen and oxygen atoms in total. The molecule has 3 aromatic rings. The number of nitrogens with zero attached hydrogens (tertiary/aromatic N) is 2. The Kier molecular flexibility index (Phi) is 6.13. The van der Waals surface area contributed by atoms with Crippen LogP contribution in [0.15, 0.2) is 72.8 Å². The summed E-state index contributed by atoms with van der Waals surface area (Å²) in [5.41, 5.74) is 0.798. The number of benzene rings is 3. The Morgan fingerprint density at radius 1 is 0.800 bits per heavy atom. The van der Waals surface area contributed by atoms with Gasteiger partial charge in [0, 0.05) is 31.6 Å².